The van der Waals surface area contributed by atoms with Crippen LogP contribution in [0.15, 0.2) is 51.2 Å². The van der Waals surface area contributed by atoms with Gasteiger partial charge in [-0.3, -0.25) is 9.69 Å². The number of nitrogens with zero attached hydrogens (tertiary/aromatic N) is 1. The van der Waals surface area contributed by atoms with Gasteiger partial charge in [0.15, 0.2) is 4.32 Å². The Hall–Kier alpha value is -0.950. The van der Waals surface area contributed by atoms with Crippen LogP contribution in [0.4, 0.5) is 5.69 Å². The van der Waals surface area contributed by atoms with Gasteiger partial charge in [0.2, 0.25) is 0 Å². The topological polar surface area (TPSA) is 20.3 Å². The molecule has 6 heteroatoms. The zero-order chi connectivity index (χ0) is 14.1. The lowest BCUT2D eigenvalue weighted by Gasteiger charge is -2.14. The molecule has 2 heterocycles. The van der Waals surface area contributed by atoms with Crippen LogP contribution in [0.3, 0.4) is 0 Å². The molecule has 0 saturated carbocycles. The summed E-state index contributed by atoms with van der Waals surface area (Å²) in [5.74, 6) is -0.0634. The summed E-state index contributed by atoms with van der Waals surface area (Å²) in [4.78, 5) is 15.8. The van der Waals surface area contributed by atoms with Crippen molar-refractivity contribution in [2.45, 2.75) is 0 Å². The molecule has 100 valence electrons. The second-order valence-electron chi connectivity index (χ2n) is 4.01. The number of benzene rings is 1. The van der Waals surface area contributed by atoms with Gasteiger partial charge in [-0.05, 0) is 35.7 Å². The third-order valence-electron chi connectivity index (χ3n) is 2.68. The maximum Gasteiger partial charge on any atom is 0.270 e. The van der Waals surface area contributed by atoms with E-state index in [0.717, 1.165) is 15.0 Å². The fourth-order valence-corrected chi connectivity index (χ4v) is 4.22. The lowest BCUT2D eigenvalue weighted by molar-refractivity contribution is -0.113. The Balaban J connectivity index is 1.95. The molecule has 2 nitrogen and oxygen atoms in total. The van der Waals surface area contributed by atoms with Gasteiger partial charge in [-0.1, -0.05) is 52.0 Å². The average molecular weight is 382 g/mol. The van der Waals surface area contributed by atoms with E-state index < -0.39 is 0 Å². The molecule has 1 aromatic heterocycles. The van der Waals surface area contributed by atoms with Gasteiger partial charge in [0, 0.05) is 9.35 Å². The maximum absolute atomic E-state index is 12.5. The molecule has 1 aliphatic heterocycles. The normalized spacial score (nSPS) is 17.2. The summed E-state index contributed by atoms with van der Waals surface area (Å²) >= 11 is 11.7. The molecular weight excluding hydrogens is 374 g/mol. The predicted molar refractivity (Wildman–Crippen MR) is 94.1 cm³/mol. The van der Waals surface area contributed by atoms with Crippen LogP contribution in [0.25, 0.3) is 6.08 Å². The number of thiocarbonyl (C=S) groups is 1. The zero-order valence-electron chi connectivity index (χ0n) is 10.1. The van der Waals surface area contributed by atoms with Crippen LogP contribution in [-0.4, -0.2) is 10.2 Å². The summed E-state index contributed by atoms with van der Waals surface area (Å²) in [5.41, 5.74) is 0.788. The van der Waals surface area contributed by atoms with Crippen molar-refractivity contribution in [1.82, 2.24) is 0 Å². The average Bonchev–Trinajstić information content (AvgIpc) is 2.99. The first-order chi connectivity index (χ1) is 9.65. The second kappa shape index (κ2) is 5.81. The smallest absolute Gasteiger partial charge is 0.268 e. The molecule has 1 aromatic carbocycles. The standard InChI is InChI=1S/C14H8BrNOS3/c15-9-3-1-4-10(7-9)16-13(17)12(20-14(16)18)8-11-5-2-6-19-11/h1-8H. The Kier molecular flexibility index (Phi) is 4.07. The SMILES string of the molecule is O=C1C(=Cc2cccs2)SC(=S)N1c1cccc(Br)c1. The van der Waals surface area contributed by atoms with E-state index in [1.807, 2.05) is 47.9 Å². The van der Waals surface area contributed by atoms with Crippen LogP contribution in [-0.2, 0) is 4.79 Å². The number of halogens is 1. The molecule has 3 rings (SSSR count). The monoisotopic (exact) mass is 381 g/mol. The Morgan fingerprint density at radius 1 is 1.25 bits per heavy atom. The van der Waals surface area contributed by atoms with E-state index in [-0.39, 0.29) is 5.91 Å². The molecule has 1 fully saturated rings. The number of amides is 1. The minimum atomic E-state index is -0.0634. The van der Waals surface area contributed by atoms with Gasteiger partial charge in [-0.2, -0.15) is 0 Å². The van der Waals surface area contributed by atoms with Gasteiger partial charge >= 0.3 is 0 Å². The maximum atomic E-state index is 12.5. The molecule has 0 bridgehead atoms. The molecule has 0 atom stereocenters. The van der Waals surface area contributed by atoms with Crippen LogP contribution in [0.5, 0.6) is 0 Å². The van der Waals surface area contributed by atoms with Crippen LogP contribution >= 0.6 is 51.2 Å². The Bertz CT molecular complexity index is 709. The third-order valence-corrected chi connectivity index (χ3v) is 5.29. The van der Waals surface area contributed by atoms with Crippen molar-refractivity contribution in [3.63, 3.8) is 0 Å². The molecule has 2 aromatic rings. The number of hydrogen-bond donors (Lipinski definition) is 0. The van der Waals surface area contributed by atoms with Gasteiger partial charge in [-0.15, -0.1) is 11.3 Å². The van der Waals surface area contributed by atoms with E-state index in [0.29, 0.717) is 9.23 Å². The highest BCUT2D eigenvalue weighted by molar-refractivity contribution is 9.10. The third kappa shape index (κ3) is 2.74. The van der Waals surface area contributed by atoms with Crippen molar-refractivity contribution in [3.05, 3.63) is 56.0 Å². The van der Waals surface area contributed by atoms with E-state index in [9.17, 15) is 4.79 Å². The van der Waals surface area contributed by atoms with Crippen LogP contribution in [0.1, 0.15) is 4.88 Å². The number of thiophene rings is 1. The van der Waals surface area contributed by atoms with Crippen LogP contribution in [0.2, 0.25) is 0 Å². The fourth-order valence-electron chi connectivity index (χ4n) is 1.81. The van der Waals surface area contributed by atoms with Gasteiger partial charge in [-0.25, -0.2) is 0 Å². The minimum absolute atomic E-state index is 0.0634. The Morgan fingerprint density at radius 2 is 2.10 bits per heavy atom. The van der Waals surface area contributed by atoms with E-state index in [4.69, 9.17) is 12.2 Å². The van der Waals surface area contributed by atoms with E-state index >= 15 is 0 Å². The van der Waals surface area contributed by atoms with E-state index in [2.05, 4.69) is 15.9 Å². The minimum Gasteiger partial charge on any atom is -0.268 e. The number of rotatable bonds is 2. The zero-order valence-corrected chi connectivity index (χ0v) is 14.1. The first kappa shape index (κ1) is 14.0. The van der Waals surface area contributed by atoms with Gasteiger partial charge < -0.3 is 0 Å². The Morgan fingerprint density at radius 3 is 2.80 bits per heavy atom. The van der Waals surface area contributed by atoms with Crippen molar-refractivity contribution in [2.24, 2.45) is 0 Å². The van der Waals surface area contributed by atoms with Gasteiger partial charge in [0.25, 0.3) is 5.91 Å². The van der Waals surface area contributed by atoms with Crippen LogP contribution in [0, 0.1) is 0 Å². The number of anilines is 1. The van der Waals surface area contributed by atoms with Gasteiger partial charge in [0.1, 0.15) is 0 Å². The molecular formula is C14H8BrNOS3. The van der Waals surface area contributed by atoms with Crippen LogP contribution < -0.4 is 4.90 Å². The van der Waals surface area contributed by atoms with Gasteiger partial charge in [0.05, 0.1) is 10.6 Å². The second-order valence-corrected chi connectivity index (χ2v) is 7.58. The summed E-state index contributed by atoms with van der Waals surface area (Å²) < 4.78 is 1.49. The highest BCUT2D eigenvalue weighted by atomic mass is 79.9. The first-order valence-corrected chi connectivity index (χ1v) is 8.62. The largest absolute Gasteiger partial charge is 0.270 e. The molecule has 1 saturated heterocycles. The molecule has 20 heavy (non-hydrogen) atoms. The van der Waals surface area contributed by atoms with Crippen molar-refractivity contribution in [3.8, 4) is 0 Å². The van der Waals surface area contributed by atoms with E-state index in [1.165, 1.54) is 11.8 Å². The van der Waals surface area contributed by atoms with E-state index in [1.54, 1.807) is 16.2 Å². The quantitative estimate of drug-likeness (QED) is 0.543. The lowest BCUT2D eigenvalue weighted by Crippen LogP contribution is -2.27. The summed E-state index contributed by atoms with van der Waals surface area (Å²) in [6.07, 6.45) is 1.89. The van der Waals surface area contributed by atoms with Crippen molar-refractivity contribution in [1.29, 1.82) is 0 Å². The van der Waals surface area contributed by atoms with Crippen molar-refractivity contribution in [2.75, 3.05) is 4.90 Å². The molecule has 0 spiro atoms. The molecule has 0 N–H and O–H groups in total. The van der Waals surface area contributed by atoms with Crippen molar-refractivity contribution < 1.29 is 4.79 Å². The molecule has 0 unspecified atom stereocenters. The highest BCUT2D eigenvalue weighted by Gasteiger charge is 2.33. The lowest BCUT2D eigenvalue weighted by atomic mass is 10.3. The summed E-state index contributed by atoms with van der Waals surface area (Å²) in [7, 11) is 0. The summed E-state index contributed by atoms with van der Waals surface area (Å²) in [6.45, 7) is 0. The number of carbonyl (C=O) groups is 1. The number of thioether (sulfide) groups is 1. The molecule has 1 amide bonds. The first-order valence-electron chi connectivity index (χ1n) is 5.72. The predicted octanol–water partition coefficient (Wildman–Crippen LogP) is 4.92. The summed E-state index contributed by atoms with van der Waals surface area (Å²) in [6, 6.07) is 11.5. The molecule has 1 aliphatic rings. The fraction of sp³-hybridized carbons (Fsp3) is 0. The van der Waals surface area contributed by atoms with Crippen molar-refractivity contribution >= 4 is 73.2 Å². The molecule has 0 radical (unpaired) electrons. The molecule has 0 aliphatic carbocycles. The number of hydrogen-bond acceptors (Lipinski definition) is 4. The highest BCUT2D eigenvalue weighted by Crippen LogP contribution is 2.37. The number of carbonyl (C=O) groups excluding carboxylic acids is 1. The Labute approximate surface area is 138 Å². The summed E-state index contributed by atoms with van der Waals surface area (Å²) in [5, 5.41) is 1.99.